The number of carbonyl (C=O) groups is 1. The van der Waals surface area contributed by atoms with Gasteiger partial charge in [0.1, 0.15) is 16.9 Å². The van der Waals surface area contributed by atoms with Crippen molar-refractivity contribution in [2.24, 2.45) is 0 Å². The largest absolute Gasteiger partial charge is 0.433 e. The summed E-state index contributed by atoms with van der Waals surface area (Å²) < 4.78 is 44.0. The van der Waals surface area contributed by atoms with Gasteiger partial charge in [0.25, 0.3) is 0 Å². The lowest BCUT2D eigenvalue weighted by Gasteiger charge is -2.28. The normalized spacial score (nSPS) is 18.1. The number of hydrogen-bond donors (Lipinski definition) is 1. The summed E-state index contributed by atoms with van der Waals surface area (Å²) >= 11 is 6.14. The average molecular weight is 527 g/mol. The molecule has 1 amide bonds. The van der Waals surface area contributed by atoms with Crippen molar-refractivity contribution >= 4 is 45.6 Å². The maximum Gasteiger partial charge on any atom is 0.433 e. The van der Waals surface area contributed by atoms with Crippen molar-refractivity contribution in [3.05, 3.63) is 77.3 Å². The lowest BCUT2D eigenvalue weighted by atomic mass is 9.90. The second-order valence-electron chi connectivity index (χ2n) is 9.25. The van der Waals surface area contributed by atoms with Crippen LogP contribution in [0.1, 0.15) is 47.4 Å². The van der Waals surface area contributed by atoms with Gasteiger partial charge in [0.2, 0.25) is 0 Å². The van der Waals surface area contributed by atoms with Gasteiger partial charge in [-0.3, -0.25) is 0 Å². The summed E-state index contributed by atoms with van der Waals surface area (Å²) in [5.74, 6) is 2.54. The molecule has 2 atom stereocenters. The Morgan fingerprint density at radius 2 is 2.05 bits per heavy atom. The number of aryl methyl sites for hydroxylation is 1. The molecule has 0 bridgehead atoms. The zero-order valence-corrected chi connectivity index (χ0v) is 20.8. The monoisotopic (exact) mass is 526 g/mol. The van der Waals surface area contributed by atoms with Gasteiger partial charge < -0.3 is 9.72 Å². The van der Waals surface area contributed by atoms with Crippen molar-refractivity contribution in [3.63, 3.8) is 0 Å². The van der Waals surface area contributed by atoms with Crippen molar-refractivity contribution in [2.75, 3.05) is 5.32 Å². The fourth-order valence-corrected chi connectivity index (χ4v) is 5.12. The smallest absolute Gasteiger partial charge is 0.381 e. The van der Waals surface area contributed by atoms with E-state index in [9.17, 15) is 18.0 Å². The van der Waals surface area contributed by atoms with E-state index in [0.29, 0.717) is 28.1 Å². The zero-order valence-electron chi connectivity index (χ0n) is 20.0. The average Bonchev–Trinajstić information content (AvgIpc) is 3.24. The van der Waals surface area contributed by atoms with E-state index in [0.717, 1.165) is 36.7 Å². The molecule has 1 aliphatic carbocycles. The molecule has 190 valence electrons. The van der Waals surface area contributed by atoms with Crippen LogP contribution < -0.4 is 5.32 Å². The van der Waals surface area contributed by atoms with Crippen LogP contribution >= 0.6 is 11.6 Å². The van der Waals surface area contributed by atoms with Gasteiger partial charge >= 0.3 is 12.1 Å². The number of fused-ring (bicyclic) bond motifs is 2. The first-order valence-electron chi connectivity index (χ1n) is 11.9. The van der Waals surface area contributed by atoms with Crippen LogP contribution in [0, 0.1) is 6.92 Å². The van der Waals surface area contributed by atoms with Crippen molar-refractivity contribution in [2.45, 2.75) is 50.9 Å². The molecule has 0 radical (unpaired) electrons. The lowest BCUT2D eigenvalue weighted by molar-refractivity contribution is -0.470. The second kappa shape index (κ2) is 9.65. The van der Waals surface area contributed by atoms with Crippen LogP contribution in [0.2, 0.25) is 5.02 Å². The van der Waals surface area contributed by atoms with E-state index in [1.807, 2.05) is 11.3 Å². The molecule has 1 saturated carbocycles. The maximum absolute atomic E-state index is 13.5. The number of nitrogens with zero attached hydrogens (tertiary/aromatic N) is 4. The van der Waals surface area contributed by atoms with E-state index in [-0.39, 0.29) is 23.5 Å². The van der Waals surface area contributed by atoms with E-state index in [2.05, 4.69) is 27.7 Å². The lowest BCUT2D eigenvalue weighted by Crippen LogP contribution is -2.39. The number of benzene rings is 1. The minimum Gasteiger partial charge on any atom is -0.381 e. The van der Waals surface area contributed by atoms with E-state index in [1.54, 1.807) is 30.6 Å². The van der Waals surface area contributed by atoms with Crippen molar-refractivity contribution in [3.8, 4) is 0 Å². The van der Waals surface area contributed by atoms with Gasteiger partial charge in [-0.15, -0.1) is 4.58 Å². The van der Waals surface area contributed by atoms with E-state index in [1.165, 1.54) is 16.7 Å². The first-order chi connectivity index (χ1) is 17.6. The van der Waals surface area contributed by atoms with Crippen LogP contribution in [0.4, 0.5) is 18.9 Å². The van der Waals surface area contributed by atoms with E-state index >= 15 is 0 Å². The Bertz CT molecular complexity index is 1570. The van der Waals surface area contributed by atoms with Gasteiger partial charge in [0.15, 0.2) is 11.9 Å². The standard InChI is InChI=1S/C27H24ClF3N5O/c1-3-35(26(37)17-7-10-25-32-14-16(2)36(25)15-17)20-6-4-5-19(12-20)33-23-13-24(27(29,30)31)34-22-9-8-18(28)11-21(22)23/h7-11,13-15,19-20H,1,4-6,12H2,2H3,(H,33,34)/q+1/t19-,20+/m0/s1. The molecule has 1 aromatic carbocycles. The molecule has 10 heteroatoms. The summed E-state index contributed by atoms with van der Waals surface area (Å²) in [5, 5.41) is 4.20. The van der Waals surface area contributed by atoms with Crippen LogP contribution in [0.5, 0.6) is 0 Å². The Labute approximate surface area is 216 Å². The Hall–Kier alpha value is -3.68. The van der Waals surface area contributed by atoms with Crippen LogP contribution in [0.25, 0.3) is 16.6 Å². The summed E-state index contributed by atoms with van der Waals surface area (Å²) in [4.78, 5) is 21.5. The highest BCUT2D eigenvalue weighted by Crippen LogP contribution is 2.35. The molecule has 1 aliphatic rings. The molecule has 0 unspecified atom stereocenters. The second-order valence-corrected chi connectivity index (χ2v) is 9.69. The number of hydrogen-bond acceptors (Lipinski definition) is 4. The zero-order chi connectivity index (χ0) is 26.3. The molecule has 0 spiro atoms. The molecule has 37 heavy (non-hydrogen) atoms. The topological polar surface area (TPSA) is 62.3 Å². The Kier molecular flexibility index (Phi) is 6.52. The summed E-state index contributed by atoms with van der Waals surface area (Å²) in [6, 6.07) is 8.74. The van der Waals surface area contributed by atoms with Gasteiger partial charge in [-0.2, -0.15) is 13.2 Å². The number of halogens is 4. The number of pyridine rings is 2. The Morgan fingerprint density at radius 3 is 2.81 bits per heavy atom. The summed E-state index contributed by atoms with van der Waals surface area (Å²) in [6.07, 6.45) is 1.66. The van der Waals surface area contributed by atoms with Gasteiger partial charge in [0, 0.05) is 59.6 Å². The molecular formula is C27H24ClF3N5O+. The first kappa shape index (κ1) is 25.0. The molecule has 1 N–H and O–H groups in total. The number of carbonyl (C=O) groups excluding carboxylic acids is 1. The van der Waals surface area contributed by atoms with E-state index < -0.39 is 11.9 Å². The minimum absolute atomic E-state index is 0.175. The molecule has 6 nitrogen and oxygen atoms in total. The summed E-state index contributed by atoms with van der Waals surface area (Å²) in [6.45, 7) is 5.65. The summed E-state index contributed by atoms with van der Waals surface area (Å²) in [5.41, 5.74) is 1.67. The third-order valence-corrected chi connectivity index (χ3v) is 6.99. The van der Waals surface area contributed by atoms with Crippen LogP contribution in [0.3, 0.4) is 0 Å². The minimum atomic E-state index is -4.59. The summed E-state index contributed by atoms with van der Waals surface area (Å²) in [7, 11) is 0. The molecule has 4 aromatic rings. The third-order valence-electron chi connectivity index (χ3n) is 6.76. The predicted octanol–water partition coefficient (Wildman–Crippen LogP) is 6.29. The highest BCUT2D eigenvalue weighted by molar-refractivity contribution is 6.31. The fourth-order valence-electron chi connectivity index (χ4n) is 4.95. The highest BCUT2D eigenvalue weighted by Gasteiger charge is 2.36. The van der Waals surface area contributed by atoms with Gasteiger partial charge in [-0.05, 0) is 56.2 Å². The molecule has 3 aromatic heterocycles. The van der Waals surface area contributed by atoms with Crippen LogP contribution in [0.15, 0.2) is 55.4 Å². The van der Waals surface area contributed by atoms with Gasteiger partial charge in [-0.25, -0.2) is 14.8 Å². The number of alkyl halides is 3. The number of aromatic nitrogens is 3. The molecule has 0 aliphatic heterocycles. The molecule has 1 fully saturated rings. The highest BCUT2D eigenvalue weighted by atomic mass is 35.5. The predicted molar refractivity (Wildman–Crippen MR) is 137 cm³/mol. The van der Waals surface area contributed by atoms with Gasteiger partial charge in [0.05, 0.1) is 5.52 Å². The molecule has 0 saturated heterocycles. The number of rotatable bonds is 4. The van der Waals surface area contributed by atoms with Crippen LogP contribution in [-0.4, -0.2) is 42.8 Å². The quantitative estimate of drug-likeness (QED) is 0.250. The SMILES string of the molecule is C=C=[N+](C(=O)c1ccc2ncc(C)n2c1)[C@@H]1CCC[C@H](Nc2cc(C(F)(F)F)nc3ccc(Cl)cc23)C1. The van der Waals surface area contributed by atoms with Crippen LogP contribution in [-0.2, 0) is 6.18 Å². The van der Waals surface area contributed by atoms with Gasteiger partial charge in [-0.1, -0.05) is 11.6 Å². The fraction of sp³-hybridized carbons (Fsp3) is 0.296. The number of anilines is 1. The maximum atomic E-state index is 13.5. The Morgan fingerprint density at radius 1 is 1.24 bits per heavy atom. The van der Waals surface area contributed by atoms with Crippen molar-refractivity contribution in [1.82, 2.24) is 14.4 Å². The van der Waals surface area contributed by atoms with E-state index in [4.69, 9.17) is 11.6 Å². The molecule has 3 heterocycles. The third kappa shape index (κ3) is 4.97. The first-order valence-corrected chi connectivity index (χ1v) is 12.3. The van der Waals surface area contributed by atoms with Crippen molar-refractivity contribution < 1.29 is 22.5 Å². The van der Waals surface area contributed by atoms with Crippen molar-refractivity contribution in [1.29, 1.82) is 0 Å². The molecule has 5 rings (SSSR count). The number of imidazole rings is 1. The molecular weight excluding hydrogens is 503 g/mol. The number of amides is 1. The Balaban J connectivity index is 1.41. The number of nitrogens with one attached hydrogen (secondary N) is 1.